The number of fused-ring (bicyclic) bond motifs is 1. The Kier molecular flexibility index (Phi) is 5.86. The maximum absolute atomic E-state index is 12.3. The number of amides is 1. The van der Waals surface area contributed by atoms with E-state index in [0.717, 1.165) is 79.2 Å². The standard InChI is InChI=1S/C22H28N4O2/c27-20(10-3-4-13-23-16-11-12-16)24-17-7-5-6-15(14-17)21-18-8-1-2-9-19(18)22(28)26-25-21/h5-7,14,16,23H,1-4,8-13H2,(H,24,27)(H,26,28). The lowest BCUT2D eigenvalue weighted by Crippen LogP contribution is -2.21. The van der Waals surface area contributed by atoms with Crippen molar-refractivity contribution in [3.05, 3.63) is 45.7 Å². The Balaban J connectivity index is 1.39. The summed E-state index contributed by atoms with van der Waals surface area (Å²) in [5, 5.41) is 13.4. The van der Waals surface area contributed by atoms with Crippen LogP contribution in [0.3, 0.4) is 0 Å². The van der Waals surface area contributed by atoms with E-state index in [0.29, 0.717) is 6.42 Å². The van der Waals surface area contributed by atoms with Gasteiger partial charge in [0.1, 0.15) is 0 Å². The lowest BCUT2D eigenvalue weighted by atomic mass is 9.90. The van der Waals surface area contributed by atoms with Crippen LogP contribution in [-0.4, -0.2) is 28.7 Å². The van der Waals surface area contributed by atoms with Crippen molar-refractivity contribution in [3.8, 4) is 11.3 Å². The first kappa shape index (κ1) is 18.9. The summed E-state index contributed by atoms with van der Waals surface area (Å²) in [7, 11) is 0. The number of carbonyl (C=O) groups excluding carboxylic acids is 1. The summed E-state index contributed by atoms with van der Waals surface area (Å²) in [6.45, 7) is 0.996. The molecule has 28 heavy (non-hydrogen) atoms. The Morgan fingerprint density at radius 3 is 2.79 bits per heavy atom. The lowest BCUT2D eigenvalue weighted by Gasteiger charge is -2.17. The van der Waals surface area contributed by atoms with Gasteiger partial charge < -0.3 is 10.6 Å². The second-order valence-electron chi connectivity index (χ2n) is 7.88. The molecule has 6 nitrogen and oxygen atoms in total. The van der Waals surface area contributed by atoms with E-state index in [4.69, 9.17) is 0 Å². The Hall–Kier alpha value is -2.47. The van der Waals surface area contributed by atoms with Crippen LogP contribution < -0.4 is 16.2 Å². The SMILES string of the molecule is O=C(CCCCNC1CC1)Nc1cccc(-c2n[nH]c(=O)c3c2CCCC3)c1. The number of unbranched alkanes of at least 4 members (excludes halogenated alkanes) is 1. The zero-order valence-electron chi connectivity index (χ0n) is 16.2. The maximum atomic E-state index is 12.3. The topological polar surface area (TPSA) is 86.9 Å². The fraction of sp³-hybridized carbons (Fsp3) is 0.500. The molecule has 1 aromatic heterocycles. The molecule has 0 radical (unpaired) electrons. The minimum absolute atomic E-state index is 0.0417. The summed E-state index contributed by atoms with van der Waals surface area (Å²) in [4.78, 5) is 24.3. The number of nitrogens with one attached hydrogen (secondary N) is 3. The molecule has 0 atom stereocenters. The van der Waals surface area contributed by atoms with Gasteiger partial charge in [-0.15, -0.1) is 0 Å². The molecule has 0 saturated heterocycles. The van der Waals surface area contributed by atoms with Crippen LogP contribution in [0.4, 0.5) is 5.69 Å². The van der Waals surface area contributed by atoms with Crippen LogP contribution in [0, 0.1) is 0 Å². The molecule has 1 aromatic carbocycles. The van der Waals surface area contributed by atoms with Crippen LogP contribution in [0.2, 0.25) is 0 Å². The quantitative estimate of drug-likeness (QED) is 0.614. The van der Waals surface area contributed by atoms with Gasteiger partial charge in [-0.05, 0) is 75.6 Å². The average Bonchev–Trinajstić information content (AvgIpc) is 3.53. The van der Waals surface area contributed by atoms with Crippen LogP contribution in [-0.2, 0) is 17.6 Å². The van der Waals surface area contributed by atoms with Gasteiger partial charge in [0.2, 0.25) is 5.91 Å². The molecule has 4 rings (SSSR count). The molecule has 1 fully saturated rings. The Labute approximate surface area is 165 Å². The summed E-state index contributed by atoms with van der Waals surface area (Å²) < 4.78 is 0. The predicted octanol–water partition coefficient (Wildman–Crippen LogP) is 3.18. The summed E-state index contributed by atoms with van der Waals surface area (Å²) in [6.07, 6.45) is 8.86. The van der Waals surface area contributed by atoms with Gasteiger partial charge in [0.25, 0.3) is 5.56 Å². The Morgan fingerprint density at radius 1 is 1.14 bits per heavy atom. The Morgan fingerprint density at radius 2 is 1.96 bits per heavy atom. The summed E-state index contributed by atoms with van der Waals surface area (Å²) in [5.41, 5.74) is 4.39. The highest BCUT2D eigenvalue weighted by atomic mass is 16.1. The van der Waals surface area contributed by atoms with E-state index >= 15 is 0 Å². The van der Waals surface area contributed by atoms with E-state index < -0.39 is 0 Å². The van der Waals surface area contributed by atoms with Gasteiger partial charge in [-0.1, -0.05) is 12.1 Å². The molecule has 2 aromatic rings. The summed E-state index contributed by atoms with van der Waals surface area (Å²) >= 11 is 0. The molecule has 1 amide bonds. The molecular weight excluding hydrogens is 352 g/mol. The normalized spacial score (nSPS) is 15.9. The van der Waals surface area contributed by atoms with Gasteiger partial charge in [0.15, 0.2) is 0 Å². The number of hydrogen-bond acceptors (Lipinski definition) is 4. The second kappa shape index (κ2) is 8.69. The van der Waals surface area contributed by atoms with Gasteiger partial charge in [0, 0.05) is 29.3 Å². The first-order valence-electron chi connectivity index (χ1n) is 10.4. The van der Waals surface area contributed by atoms with Gasteiger partial charge in [-0.2, -0.15) is 5.10 Å². The van der Waals surface area contributed by atoms with Crippen molar-refractivity contribution in [1.82, 2.24) is 15.5 Å². The highest BCUT2D eigenvalue weighted by Gasteiger charge is 2.20. The Bertz CT molecular complexity index is 902. The van der Waals surface area contributed by atoms with Crippen molar-refractivity contribution in [2.75, 3.05) is 11.9 Å². The number of carbonyl (C=O) groups is 1. The van der Waals surface area contributed by atoms with Crippen molar-refractivity contribution < 1.29 is 4.79 Å². The molecule has 6 heteroatoms. The molecule has 0 unspecified atom stereocenters. The van der Waals surface area contributed by atoms with E-state index in [9.17, 15) is 9.59 Å². The number of benzene rings is 1. The fourth-order valence-electron chi connectivity index (χ4n) is 3.87. The van der Waals surface area contributed by atoms with Crippen molar-refractivity contribution in [1.29, 1.82) is 0 Å². The largest absolute Gasteiger partial charge is 0.326 e. The molecular formula is C22H28N4O2. The molecule has 0 bridgehead atoms. The zero-order chi connectivity index (χ0) is 19.3. The van der Waals surface area contributed by atoms with E-state index in [1.165, 1.54) is 12.8 Å². The third kappa shape index (κ3) is 4.68. The molecule has 2 aliphatic rings. The van der Waals surface area contributed by atoms with Crippen LogP contribution in [0.15, 0.2) is 29.1 Å². The summed E-state index contributed by atoms with van der Waals surface area (Å²) in [5.74, 6) is 0.0417. The van der Waals surface area contributed by atoms with Gasteiger partial charge in [-0.3, -0.25) is 9.59 Å². The third-order valence-electron chi connectivity index (χ3n) is 5.56. The number of rotatable bonds is 8. The van der Waals surface area contributed by atoms with Gasteiger partial charge in [-0.25, -0.2) is 5.10 Å². The van der Waals surface area contributed by atoms with Crippen LogP contribution >= 0.6 is 0 Å². The molecule has 0 aliphatic heterocycles. The van der Waals surface area contributed by atoms with E-state index in [1.807, 2.05) is 24.3 Å². The van der Waals surface area contributed by atoms with E-state index in [-0.39, 0.29) is 11.5 Å². The highest BCUT2D eigenvalue weighted by Crippen LogP contribution is 2.29. The van der Waals surface area contributed by atoms with Crippen LogP contribution in [0.1, 0.15) is 56.1 Å². The summed E-state index contributed by atoms with van der Waals surface area (Å²) in [6, 6.07) is 8.47. The molecule has 1 heterocycles. The van der Waals surface area contributed by atoms with Crippen LogP contribution in [0.25, 0.3) is 11.3 Å². The van der Waals surface area contributed by atoms with Crippen molar-refractivity contribution in [2.45, 2.75) is 63.8 Å². The number of aromatic amines is 1. The number of H-pyrrole nitrogens is 1. The van der Waals surface area contributed by atoms with Crippen molar-refractivity contribution in [2.24, 2.45) is 0 Å². The monoisotopic (exact) mass is 380 g/mol. The average molecular weight is 380 g/mol. The van der Waals surface area contributed by atoms with E-state index in [1.54, 1.807) is 0 Å². The smallest absolute Gasteiger partial charge is 0.267 e. The predicted molar refractivity (Wildman–Crippen MR) is 110 cm³/mol. The first-order chi connectivity index (χ1) is 13.7. The highest BCUT2D eigenvalue weighted by molar-refractivity contribution is 5.91. The second-order valence-corrected chi connectivity index (χ2v) is 7.88. The first-order valence-corrected chi connectivity index (χ1v) is 10.4. The number of anilines is 1. The number of hydrogen-bond donors (Lipinski definition) is 3. The molecule has 3 N–H and O–H groups in total. The molecule has 148 valence electrons. The molecule has 1 saturated carbocycles. The number of aromatic nitrogens is 2. The molecule has 0 spiro atoms. The molecule has 2 aliphatic carbocycles. The third-order valence-corrected chi connectivity index (χ3v) is 5.56. The van der Waals surface area contributed by atoms with E-state index in [2.05, 4.69) is 20.8 Å². The van der Waals surface area contributed by atoms with Crippen LogP contribution in [0.5, 0.6) is 0 Å². The minimum Gasteiger partial charge on any atom is -0.326 e. The zero-order valence-corrected chi connectivity index (χ0v) is 16.2. The van der Waals surface area contributed by atoms with Gasteiger partial charge in [0.05, 0.1) is 5.69 Å². The minimum atomic E-state index is -0.0703. The van der Waals surface area contributed by atoms with Gasteiger partial charge >= 0.3 is 0 Å². The number of nitrogens with zero attached hydrogens (tertiary/aromatic N) is 1. The van der Waals surface area contributed by atoms with Crippen molar-refractivity contribution in [3.63, 3.8) is 0 Å². The van der Waals surface area contributed by atoms with Crippen molar-refractivity contribution >= 4 is 11.6 Å². The fourth-order valence-corrected chi connectivity index (χ4v) is 3.87. The maximum Gasteiger partial charge on any atom is 0.267 e. The lowest BCUT2D eigenvalue weighted by molar-refractivity contribution is -0.116.